The third-order valence-corrected chi connectivity index (χ3v) is 15.8. The minimum Gasteiger partial charge on any atom is -0.493 e. The fraction of sp³-hybridized carbons (Fsp3) is 0.273. The Balaban J connectivity index is 0.000000192. The van der Waals surface area contributed by atoms with E-state index >= 15 is 0 Å². The van der Waals surface area contributed by atoms with E-state index in [4.69, 9.17) is 34.1 Å². The largest absolute Gasteiger partial charge is 0.493 e. The van der Waals surface area contributed by atoms with E-state index in [2.05, 4.69) is 22.0 Å². The molecular formula is C55H57FN6O15S2. The molecule has 21 nitrogen and oxygen atoms in total. The van der Waals surface area contributed by atoms with Gasteiger partial charge in [0.25, 0.3) is 5.91 Å². The van der Waals surface area contributed by atoms with Gasteiger partial charge in [-0.25, -0.2) is 26.0 Å². The van der Waals surface area contributed by atoms with Gasteiger partial charge >= 0.3 is 5.97 Å². The van der Waals surface area contributed by atoms with Gasteiger partial charge in [0, 0.05) is 47.4 Å². The van der Waals surface area contributed by atoms with Crippen LogP contribution >= 0.6 is 0 Å². The summed E-state index contributed by atoms with van der Waals surface area (Å²) < 4.78 is 92.2. The lowest BCUT2D eigenvalue weighted by Crippen LogP contribution is -2.45. The summed E-state index contributed by atoms with van der Waals surface area (Å²) in [6.45, 7) is 4.42. The van der Waals surface area contributed by atoms with Crippen LogP contribution < -0.4 is 34.9 Å². The molecule has 0 bridgehead atoms. The lowest BCUT2D eigenvalue weighted by atomic mass is 10.0. The molecule has 2 aliphatic heterocycles. The van der Waals surface area contributed by atoms with Crippen LogP contribution in [0.15, 0.2) is 136 Å². The van der Waals surface area contributed by atoms with Gasteiger partial charge in [0.15, 0.2) is 39.4 Å². The summed E-state index contributed by atoms with van der Waals surface area (Å²) in [6.07, 6.45) is 5.33. The third kappa shape index (κ3) is 17.0. The molecule has 4 N–H and O–H groups in total. The number of sulfone groups is 1. The zero-order valence-corrected chi connectivity index (χ0v) is 45.0. The molecule has 1 fully saturated rings. The van der Waals surface area contributed by atoms with Crippen molar-refractivity contribution in [3.63, 3.8) is 0 Å². The van der Waals surface area contributed by atoms with Crippen LogP contribution in [0.25, 0.3) is 0 Å². The summed E-state index contributed by atoms with van der Waals surface area (Å²) in [5, 5.41) is 26.0. The van der Waals surface area contributed by atoms with Crippen molar-refractivity contribution in [3.05, 3.63) is 155 Å². The highest BCUT2D eigenvalue weighted by molar-refractivity contribution is 7.90. The van der Waals surface area contributed by atoms with E-state index in [0.717, 1.165) is 11.8 Å². The number of aromatic carboxylic acids is 1. The van der Waals surface area contributed by atoms with E-state index < -0.39 is 43.4 Å². The fourth-order valence-corrected chi connectivity index (χ4v) is 10.7. The topological polar surface area (TPSA) is 286 Å². The van der Waals surface area contributed by atoms with Gasteiger partial charge in [-0.05, 0) is 130 Å². The van der Waals surface area contributed by atoms with E-state index in [1.165, 1.54) is 59.9 Å². The zero-order valence-electron chi connectivity index (χ0n) is 43.4. The van der Waals surface area contributed by atoms with Crippen molar-refractivity contribution in [2.45, 2.75) is 48.3 Å². The quantitative estimate of drug-likeness (QED) is 0.0703. The number of allylic oxidation sites excluding steroid dienone is 4. The second-order valence-corrected chi connectivity index (χ2v) is 21.7. The average molecular weight is 1130 g/mol. The predicted molar refractivity (Wildman–Crippen MR) is 286 cm³/mol. The number of ether oxygens (including phenoxy) is 5. The number of hydrogen-bond acceptors (Lipinski definition) is 16. The van der Waals surface area contributed by atoms with Gasteiger partial charge < -0.3 is 44.7 Å². The van der Waals surface area contributed by atoms with Crippen LogP contribution in [0.3, 0.4) is 0 Å². The van der Waals surface area contributed by atoms with Crippen LogP contribution in [0.2, 0.25) is 0 Å². The number of carboxylic acid groups (broad SMARTS) is 1. The number of morpholine rings is 1. The number of nitriles is 1. The molecule has 0 radical (unpaired) electrons. The van der Waals surface area contributed by atoms with Crippen molar-refractivity contribution in [3.8, 4) is 29.1 Å². The molecular weight excluding hydrogens is 1070 g/mol. The molecule has 5 aromatic carbocycles. The maximum atomic E-state index is 13.1. The number of carbonyl (C=O) groups is 5. The Bertz CT molecular complexity index is 3410. The Labute approximate surface area is 456 Å². The summed E-state index contributed by atoms with van der Waals surface area (Å²) in [6, 6.07) is 26.6. The molecule has 79 heavy (non-hydrogen) atoms. The Morgan fingerprint density at radius 2 is 1.57 bits per heavy atom. The molecule has 5 aromatic rings. The highest BCUT2D eigenvalue weighted by atomic mass is 32.2. The molecule has 1 atom stereocenters. The standard InChI is InChI=1S/C19H21FN4O2.C19H21NO7S2.C17H15NO6/c1-13(19(26)23-16-8-6-14(11-21)7-9-16)24(2)12-18(25)22-17-5-3-4-15(20)10-17;1-14-5-6-15(11-18(14)29(25,26)20-7-9-27-10-8-20)13-28(23,24)17-4-2-3-16(12-17)19(21)22;1-21-15-6-11(8-19)2-4-13(15)22-9-17(20)18-12-3-5-14-16(7-12)24-10-23-14/h3-6,8,10,13H,7,9,12H2,1-2H3,(H,22,25)(H,23,26);2-6,11-12H,7-10,13H2,1H3,(H,21,22);2-8H,9-10H2,1H3,(H,18,20). The van der Waals surface area contributed by atoms with Gasteiger partial charge in [-0.3, -0.25) is 24.1 Å². The first-order valence-corrected chi connectivity index (χ1v) is 27.3. The minimum atomic E-state index is -3.86. The smallest absolute Gasteiger partial charge is 0.335 e. The molecule has 8 rings (SSSR count). The maximum Gasteiger partial charge on any atom is 0.335 e. The number of likely N-dealkylation sites (N-methyl/N-ethyl adjacent to an activating group) is 1. The number of sulfonamides is 1. The van der Waals surface area contributed by atoms with E-state index in [-0.39, 0.29) is 66.1 Å². The number of carboxylic acids is 1. The van der Waals surface area contributed by atoms with E-state index in [1.54, 1.807) is 86.5 Å². The van der Waals surface area contributed by atoms with Crippen LogP contribution in [0.4, 0.5) is 15.8 Å². The molecule has 2 heterocycles. The number of nitrogens with zero attached hydrogens (tertiary/aromatic N) is 3. The number of amides is 3. The number of anilines is 2. The zero-order chi connectivity index (χ0) is 57.3. The van der Waals surface area contributed by atoms with Gasteiger partial charge in [0.1, 0.15) is 12.1 Å². The van der Waals surface area contributed by atoms with Crippen LogP contribution in [0, 0.1) is 24.1 Å². The van der Waals surface area contributed by atoms with Crippen LogP contribution in [-0.2, 0) is 44.7 Å². The molecule has 1 saturated heterocycles. The molecule has 0 saturated carbocycles. The monoisotopic (exact) mass is 1120 g/mol. The number of nitrogens with one attached hydrogen (secondary N) is 3. The summed E-state index contributed by atoms with van der Waals surface area (Å²) in [4.78, 5) is 59.8. The normalized spacial score (nSPS) is 14.2. The van der Waals surface area contributed by atoms with E-state index in [0.29, 0.717) is 89.0 Å². The lowest BCUT2D eigenvalue weighted by Gasteiger charge is -2.26. The van der Waals surface area contributed by atoms with Gasteiger partial charge in [-0.1, -0.05) is 24.3 Å². The number of aryl methyl sites for hydroxylation is 1. The fourth-order valence-electron chi connectivity index (χ4n) is 7.68. The highest BCUT2D eigenvalue weighted by Crippen LogP contribution is 2.34. The third-order valence-electron chi connectivity index (χ3n) is 12.1. The number of benzene rings is 5. The highest BCUT2D eigenvalue weighted by Gasteiger charge is 2.29. The number of rotatable bonds is 18. The molecule has 0 spiro atoms. The molecule has 1 unspecified atom stereocenters. The van der Waals surface area contributed by atoms with Crippen LogP contribution in [0.5, 0.6) is 23.0 Å². The van der Waals surface area contributed by atoms with Crippen LogP contribution in [-0.4, -0.2) is 128 Å². The van der Waals surface area contributed by atoms with Gasteiger partial charge in [0.05, 0.1) is 60.1 Å². The Hall–Kier alpha value is -8.47. The summed E-state index contributed by atoms with van der Waals surface area (Å²) in [7, 11) is -4.51. The average Bonchev–Trinajstić information content (AvgIpc) is 3.92. The molecule has 3 aliphatic rings. The first-order chi connectivity index (χ1) is 37.7. The molecule has 24 heteroatoms. The summed E-state index contributed by atoms with van der Waals surface area (Å²) in [5.41, 5.74) is 3.54. The minimum absolute atomic E-state index is 0.0113. The molecule has 3 amide bonds. The number of halogens is 1. The number of hydrogen-bond donors (Lipinski definition) is 4. The lowest BCUT2D eigenvalue weighted by molar-refractivity contribution is -0.126. The summed E-state index contributed by atoms with van der Waals surface area (Å²) >= 11 is 0. The number of aldehydes is 1. The number of carbonyl (C=O) groups excluding carboxylic acids is 4. The first-order valence-electron chi connectivity index (χ1n) is 24.2. The maximum absolute atomic E-state index is 13.1. The SMILES string of the molecule is CC(C(=O)NC1=CC=C(C#N)CC1)N(C)CC(=O)Nc1cccc(F)c1.COc1cc(C=O)ccc1OCC(=O)Nc1ccc2c(c1)OCO2.Cc1ccc(CS(=O)(=O)c2cccc(C(=O)O)c2)cc1S(=O)(=O)N1CCOCC1. The Kier molecular flexibility index (Phi) is 21.0. The summed E-state index contributed by atoms with van der Waals surface area (Å²) in [5.74, 6) is -1.02. The van der Waals surface area contributed by atoms with Crippen molar-refractivity contribution in [2.24, 2.45) is 0 Å². The Morgan fingerprint density at radius 1 is 0.848 bits per heavy atom. The molecule has 416 valence electrons. The molecule has 1 aliphatic carbocycles. The van der Waals surface area contributed by atoms with Gasteiger partial charge in [-0.15, -0.1) is 0 Å². The van der Waals surface area contributed by atoms with E-state index in [9.17, 15) is 45.2 Å². The van der Waals surface area contributed by atoms with Crippen molar-refractivity contribution in [2.75, 3.05) is 71.0 Å². The second kappa shape index (κ2) is 27.7. The number of methoxy groups -OCH3 is 1. The number of fused-ring (bicyclic) bond motifs is 1. The Morgan fingerprint density at radius 3 is 2.25 bits per heavy atom. The van der Waals surface area contributed by atoms with Crippen molar-refractivity contribution < 1.29 is 74.0 Å². The second-order valence-electron chi connectivity index (χ2n) is 17.8. The van der Waals surface area contributed by atoms with E-state index in [1.807, 2.05) is 0 Å². The van der Waals surface area contributed by atoms with Crippen molar-refractivity contribution >= 4 is 61.2 Å². The van der Waals surface area contributed by atoms with Crippen molar-refractivity contribution in [1.29, 1.82) is 5.26 Å². The van der Waals surface area contributed by atoms with Crippen molar-refractivity contribution in [1.82, 2.24) is 14.5 Å². The van der Waals surface area contributed by atoms with Gasteiger partial charge in [-0.2, -0.15) is 9.57 Å². The predicted octanol–water partition coefficient (Wildman–Crippen LogP) is 6.27. The molecule has 0 aromatic heterocycles. The van der Waals surface area contributed by atoms with Crippen LogP contribution in [0.1, 0.15) is 51.6 Å². The van der Waals surface area contributed by atoms with Gasteiger partial charge in [0.2, 0.25) is 28.6 Å². The first kappa shape index (κ1) is 59.8.